The van der Waals surface area contributed by atoms with Crippen molar-refractivity contribution >= 4 is 64.6 Å². The second-order valence-corrected chi connectivity index (χ2v) is 32.8. The van der Waals surface area contributed by atoms with E-state index in [1.807, 2.05) is 0 Å². The third-order valence-electron chi connectivity index (χ3n) is 21.9. The number of unbranched alkanes of at least 4 members (excludes halogenated alkanes) is 20. The van der Waals surface area contributed by atoms with Gasteiger partial charge < -0.3 is 65.8 Å². The lowest BCUT2D eigenvalue weighted by Crippen LogP contribution is -2.51. The van der Waals surface area contributed by atoms with Crippen molar-refractivity contribution in [3.05, 3.63) is 72.8 Å². The number of hydrogen-bond donors (Lipinski definition) is 0. The van der Waals surface area contributed by atoms with E-state index >= 15 is 0 Å². The Balaban J connectivity index is 0.832. The second-order valence-electron chi connectivity index (χ2n) is 32.8. The smallest absolute Gasteiger partial charge is 0.161 e. The van der Waals surface area contributed by atoms with Crippen LogP contribution >= 0.6 is 0 Å². The molecule has 0 N–H and O–H groups in total. The van der Waals surface area contributed by atoms with Gasteiger partial charge in [0.1, 0.15) is 13.1 Å². The number of likely N-dealkylation sites (N-methyl/N-ethyl adjacent to an activating group) is 2. The number of quaternary nitrogens is 2. The van der Waals surface area contributed by atoms with Gasteiger partial charge in [0.05, 0.1) is 121 Å². The van der Waals surface area contributed by atoms with Crippen molar-refractivity contribution in [1.29, 1.82) is 0 Å². The molecule has 0 aliphatic carbocycles. The summed E-state index contributed by atoms with van der Waals surface area (Å²) in [6.45, 7) is 34.3. The van der Waals surface area contributed by atoms with Gasteiger partial charge in [-0.3, -0.25) is 0 Å². The maximum Gasteiger partial charge on any atom is 0.161 e. The van der Waals surface area contributed by atoms with Crippen LogP contribution in [0.15, 0.2) is 72.8 Å². The van der Waals surface area contributed by atoms with E-state index in [-0.39, 0.29) is 0 Å². The predicted octanol–water partition coefficient (Wildman–Crippen LogP) is 26.7. The summed E-state index contributed by atoms with van der Waals surface area (Å²) < 4.78 is 81.6. The van der Waals surface area contributed by atoms with E-state index in [4.69, 9.17) is 56.8 Å². The standard InChI is InChI=1S/C98H150N2O12/c1-15-25-51-101-87-63-75-77-65-89(103-53-27-17-3)93(107-57-31-21-7)69-81(77)85-73-97(95(109-59-33-23-9)71-83(85)79(75)67-91(87)105-55-29-19-5)111-61-45-41-37-35-39-43-47-99(11,12)49-50-100(13,14)48-44-40-36-38-42-46-62-112-98-74-86-82-70-94(108-58-32-22-8)90(104-54-28-18-4)66-78(82)76-64-88(102-52-26-16-2)92(106-56-30-20-6)68-80(76)84(86)72-96(98)110-60-34-24-10/h63-74H,15-62H2,1-14H3/q+2. The summed E-state index contributed by atoms with van der Waals surface area (Å²) in [5.41, 5.74) is 0. The molecule has 0 aliphatic heterocycles. The summed E-state index contributed by atoms with van der Waals surface area (Å²) >= 11 is 0. The van der Waals surface area contributed by atoms with Gasteiger partial charge in [0.15, 0.2) is 69.0 Å². The molecule has 8 rings (SSSR count). The highest BCUT2D eigenvalue weighted by Crippen LogP contribution is 2.50. The molecule has 14 nitrogen and oxygen atoms in total. The fourth-order valence-electron chi connectivity index (χ4n) is 14.5. The maximum absolute atomic E-state index is 6.83. The average Bonchev–Trinajstić information content (AvgIpc) is 0.732. The molecule has 622 valence electrons. The number of nitrogens with zero attached hydrogens (tertiary/aromatic N) is 2. The van der Waals surface area contributed by atoms with E-state index in [9.17, 15) is 0 Å². The molecule has 14 heteroatoms. The van der Waals surface area contributed by atoms with Gasteiger partial charge >= 0.3 is 0 Å². The molecule has 0 spiro atoms. The molecule has 0 saturated carbocycles. The van der Waals surface area contributed by atoms with Gasteiger partial charge in [0.2, 0.25) is 0 Å². The molecule has 0 amide bonds. The summed E-state index contributed by atoms with van der Waals surface area (Å²) in [6, 6.07) is 26.5. The van der Waals surface area contributed by atoms with Gasteiger partial charge in [-0.1, -0.05) is 172 Å². The molecular weight excluding hydrogens is 1400 g/mol. The Hall–Kier alpha value is -7.16. The molecule has 0 heterocycles. The maximum atomic E-state index is 6.83. The molecule has 0 aliphatic rings. The van der Waals surface area contributed by atoms with E-state index < -0.39 is 0 Å². The Labute approximate surface area is 677 Å². The first-order valence-corrected chi connectivity index (χ1v) is 45.0. The van der Waals surface area contributed by atoms with Crippen LogP contribution in [0.1, 0.15) is 275 Å². The third-order valence-corrected chi connectivity index (χ3v) is 21.9. The second kappa shape index (κ2) is 49.6. The van der Waals surface area contributed by atoms with Crippen molar-refractivity contribution in [2.75, 3.05) is 134 Å². The van der Waals surface area contributed by atoms with Gasteiger partial charge in [-0.15, -0.1) is 0 Å². The van der Waals surface area contributed by atoms with Crippen LogP contribution in [0.3, 0.4) is 0 Å². The fourth-order valence-corrected chi connectivity index (χ4v) is 14.5. The molecule has 0 unspecified atom stereocenters. The zero-order chi connectivity index (χ0) is 79.8. The zero-order valence-corrected chi connectivity index (χ0v) is 72.7. The molecule has 112 heavy (non-hydrogen) atoms. The molecule has 0 radical (unpaired) electrons. The molecule has 0 fully saturated rings. The third kappa shape index (κ3) is 27.8. The van der Waals surface area contributed by atoms with E-state index in [2.05, 4.69) is 170 Å². The predicted molar refractivity (Wildman–Crippen MR) is 472 cm³/mol. The number of ether oxygens (including phenoxy) is 12. The summed E-state index contributed by atoms with van der Waals surface area (Å²) in [5.74, 6) is 9.37. The molecule has 8 aromatic rings. The van der Waals surface area contributed by atoms with Crippen molar-refractivity contribution < 1.29 is 65.8 Å². The lowest BCUT2D eigenvalue weighted by atomic mass is 9.93. The van der Waals surface area contributed by atoms with Crippen molar-refractivity contribution in [3.63, 3.8) is 0 Å². The number of benzene rings is 8. The Bertz CT molecular complexity index is 3700. The lowest BCUT2D eigenvalue weighted by molar-refractivity contribution is -0.946. The van der Waals surface area contributed by atoms with Crippen LogP contribution in [0.25, 0.3) is 64.6 Å². The number of hydrogen-bond acceptors (Lipinski definition) is 12. The fraction of sp³-hybridized carbons (Fsp3) is 0.633. The summed E-state index contributed by atoms with van der Waals surface area (Å²) in [6.07, 6.45) is 34.3. The Morgan fingerprint density at radius 3 is 0.402 bits per heavy atom. The van der Waals surface area contributed by atoms with Crippen LogP contribution in [-0.4, -0.2) is 143 Å². The van der Waals surface area contributed by atoms with E-state index in [1.165, 1.54) is 77.5 Å². The SMILES string of the molecule is CCCCOc1cc2c3cc(OCCCC)c(OCCCC)cc3c3cc(OCCCCCCCC[N+](C)(C)CC[N+](C)(C)CCCCCCCCOc4cc5c6cc(OCCCC)c(OCCCC)cc6c6cc(OCCCC)c(OCCCC)cc6c5cc4OCCCC)c(OCCCC)cc3c2cc1OCCCC. The lowest BCUT2D eigenvalue weighted by Gasteiger charge is -2.36. The molecule has 0 atom stereocenters. The first-order chi connectivity index (χ1) is 54.7. The highest BCUT2D eigenvalue weighted by molar-refractivity contribution is 6.28. The van der Waals surface area contributed by atoms with Gasteiger partial charge in [0.25, 0.3) is 0 Å². The van der Waals surface area contributed by atoms with Gasteiger partial charge in [-0.05, 0) is 240 Å². The van der Waals surface area contributed by atoms with Crippen LogP contribution in [-0.2, 0) is 0 Å². The number of fused-ring (bicyclic) bond motifs is 12. The molecule has 0 saturated heterocycles. The largest absolute Gasteiger partial charge is 0.490 e. The minimum absolute atomic E-state index is 0.624. The monoisotopic (exact) mass is 1550 g/mol. The van der Waals surface area contributed by atoms with Crippen LogP contribution in [0.5, 0.6) is 69.0 Å². The first kappa shape index (κ1) is 90.4. The van der Waals surface area contributed by atoms with Crippen LogP contribution in [0, 0.1) is 0 Å². The topological polar surface area (TPSA) is 111 Å². The Morgan fingerprint density at radius 2 is 0.268 bits per heavy atom. The van der Waals surface area contributed by atoms with Crippen molar-refractivity contribution in [2.24, 2.45) is 0 Å². The van der Waals surface area contributed by atoms with E-state index in [1.54, 1.807) is 0 Å². The van der Waals surface area contributed by atoms with Crippen LogP contribution < -0.4 is 56.8 Å². The Morgan fingerprint density at radius 1 is 0.152 bits per heavy atom. The van der Waals surface area contributed by atoms with Crippen LogP contribution in [0.2, 0.25) is 0 Å². The van der Waals surface area contributed by atoms with Crippen LogP contribution in [0.4, 0.5) is 0 Å². The quantitative estimate of drug-likeness (QED) is 0.0206. The highest BCUT2D eigenvalue weighted by atomic mass is 16.5. The van der Waals surface area contributed by atoms with E-state index in [0.29, 0.717) is 79.3 Å². The summed E-state index contributed by atoms with van der Waals surface area (Å²) in [4.78, 5) is 0. The van der Waals surface area contributed by atoms with E-state index in [0.717, 1.165) is 297 Å². The molecule has 0 aromatic heterocycles. The first-order valence-electron chi connectivity index (χ1n) is 45.0. The van der Waals surface area contributed by atoms with Crippen molar-refractivity contribution in [1.82, 2.24) is 0 Å². The van der Waals surface area contributed by atoms with Gasteiger partial charge in [0, 0.05) is 0 Å². The molecule has 0 bridgehead atoms. The zero-order valence-electron chi connectivity index (χ0n) is 72.7. The minimum Gasteiger partial charge on any atom is -0.490 e. The van der Waals surface area contributed by atoms with Gasteiger partial charge in [-0.25, -0.2) is 0 Å². The summed E-state index contributed by atoms with van der Waals surface area (Å²) in [5, 5.41) is 13.1. The van der Waals surface area contributed by atoms with Crippen molar-refractivity contribution in [3.8, 4) is 69.0 Å². The van der Waals surface area contributed by atoms with Crippen molar-refractivity contribution in [2.45, 2.75) is 275 Å². The molecule has 8 aromatic carbocycles. The summed E-state index contributed by atoms with van der Waals surface area (Å²) in [7, 11) is 9.74. The number of rotatable bonds is 63. The minimum atomic E-state index is 0.624. The normalized spacial score (nSPS) is 11.9. The van der Waals surface area contributed by atoms with Gasteiger partial charge in [-0.2, -0.15) is 0 Å². The highest BCUT2D eigenvalue weighted by Gasteiger charge is 2.26. The molecular formula is C98H150N2O12+2. The Kier molecular flexibility index (Phi) is 40.0. The average molecular weight is 1550 g/mol.